The lowest BCUT2D eigenvalue weighted by Crippen LogP contribution is -2.45. The molecule has 0 saturated carbocycles. The number of aryl methyl sites for hydroxylation is 1. The van der Waals surface area contributed by atoms with Gasteiger partial charge in [-0.25, -0.2) is 0 Å². The van der Waals surface area contributed by atoms with Crippen LogP contribution in [0.1, 0.15) is 41.4 Å². The van der Waals surface area contributed by atoms with E-state index >= 15 is 0 Å². The molecule has 1 atom stereocenters. The summed E-state index contributed by atoms with van der Waals surface area (Å²) in [5, 5.41) is 0. The van der Waals surface area contributed by atoms with E-state index in [9.17, 15) is 9.59 Å². The molecule has 0 radical (unpaired) electrons. The summed E-state index contributed by atoms with van der Waals surface area (Å²) in [6.07, 6.45) is 6.10. The molecular weight excluding hydrogens is 380 g/mol. The van der Waals surface area contributed by atoms with E-state index in [1.807, 2.05) is 30.3 Å². The van der Waals surface area contributed by atoms with E-state index in [2.05, 4.69) is 13.5 Å². The summed E-state index contributed by atoms with van der Waals surface area (Å²) in [7, 11) is 0. The topological polar surface area (TPSA) is 63.0 Å². The predicted octanol–water partition coefficient (Wildman–Crippen LogP) is 3.68. The number of benzene rings is 1. The molecule has 30 heavy (non-hydrogen) atoms. The van der Waals surface area contributed by atoms with Crippen molar-refractivity contribution in [3.8, 4) is 0 Å². The van der Waals surface area contributed by atoms with Crippen LogP contribution < -0.4 is 0 Å². The lowest BCUT2D eigenvalue weighted by atomic mass is 10.1. The average molecular weight is 411 g/mol. The molecule has 0 aliphatic carbocycles. The van der Waals surface area contributed by atoms with Crippen molar-refractivity contribution in [1.29, 1.82) is 0 Å². The lowest BCUT2D eigenvalue weighted by molar-refractivity contribution is -0.134. The normalized spacial score (nSPS) is 15.7. The molecule has 1 aromatic heterocycles. The van der Waals surface area contributed by atoms with Crippen LogP contribution in [-0.2, 0) is 22.5 Å². The Morgan fingerprint density at radius 2 is 2.00 bits per heavy atom. The van der Waals surface area contributed by atoms with E-state index in [-0.39, 0.29) is 24.5 Å². The number of nitrogens with zero attached hydrogens (tertiary/aromatic N) is 2. The molecule has 1 aliphatic heterocycles. The van der Waals surface area contributed by atoms with Gasteiger partial charge in [0, 0.05) is 25.3 Å². The Kier molecular flexibility index (Phi) is 7.85. The molecule has 160 valence electrons. The van der Waals surface area contributed by atoms with Crippen LogP contribution in [0, 0.1) is 0 Å². The molecule has 2 amide bonds. The van der Waals surface area contributed by atoms with Gasteiger partial charge in [-0.2, -0.15) is 0 Å². The van der Waals surface area contributed by atoms with Crippen molar-refractivity contribution in [2.75, 3.05) is 26.2 Å². The highest BCUT2D eigenvalue weighted by Gasteiger charge is 2.26. The van der Waals surface area contributed by atoms with Gasteiger partial charge in [0.2, 0.25) is 5.91 Å². The van der Waals surface area contributed by atoms with Gasteiger partial charge in [-0.3, -0.25) is 9.59 Å². The maximum Gasteiger partial charge on any atom is 0.254 e. The number of amides is 2. The molecule has 1 saturated heterocycles. The summed E-state index contributed by atoms with van der Waals surface area (Å²) >= 11 is 0. The lowest BCUT2D eigenvalue weighted by Gasteiger charge is -2.28. The van der Waals surface area contributed by atoms with Crippen molar-refractivity contribution < 1.29 is 18.7 Å². The second-order valence-electron chi connectivity index (χ2n) is 7.51. The second kappa shape index (κ2) is 10.8. The van der Waals surface area contributed by atoms with Crippen molar-refractivity contribution in [1.82, 2.24) is 9.80 Å². The molecule has 0 bridgehead atoms. The summed E-state index contributed by atoms with van der Waals surface area (Å²) in [6.45, 7) is 7.66. The van der Waals surface area contributed by atoms with E-state index in [1.165, 1.54) is 10.5 Å². The molecule has 0 N–H and O–H groups in total. The number of hydrogen-bond acceptors (Lipinski definition) is 4. The monoisotopic (exact) mass is 410 g/mol. The molecule has 2 heterocycles. The molecule has 2 aromatic rings. The van der Waals surface area contributed by atoms with Crippen molar-refractivity contribution in [2.45, 2.75) is 38.8 Å². The van der Waals surface area contributed by atoms with Gasteiger partial charge in [0.25, 0.3) is 5.91 Å². The second-order valence-corrected chi connectivity index (χ2v) is 7.51. The van der Waals surface area contributed by atoms with Gasteiger partial charge in [-0.15, -0.1) is 6.58 Å². The minimum absolute atomic E-state index is 0.0200. The zero-order valence-corrected chi connectivity index (χ0v) is 17.6. The predicted molar refractivity (Wildman–Crippen MR) is 115 cm³/mol. The van der Waals surface area contributed by atoms with Crippen molar-refractivity contribution in [3.63, 3.8) is 0 Å². The Morgan fingerprint density at radius 3 is 2.60 bits per heavy atom. The molecule has 3 rings (SSSR count). The minimum Gasteiger partial charge on any atom is -0.467 e. The van der Waals surface area contributed by atoms with Crippen molar-refractivity contribution >= 4 is 11.8 Å². The largest absolute Gasteiger partial charge is 0.467 e. The van der Waals surface area contributed by atoms with Gasteiger partial charge < -0.3 is 19.0 Å². The smallest absolute Gasteiger partial charge is 0.254 e. The van der Waals surface area contributed by atoms with E-state index in [0.29, 0.717) is 31.0 Å². The quantitative estimate of drug-likeness (QED) is 0.561. The highest BCUT2D eigenvalue weighted by molar-refractivity contribution is 5.96. The summed E-state index contributed by atoms with van der Waals surface area (Å²) in [4.78, 5) is 29.4. The fourth-order valence-corrected chi connectivity index (χ4v) is 3.58. The van der Waals surface area contributed by atoms with E-state index in [0.717, 1.165) is 25.9 Å². The maximum atomic E-state index is 13.2. The van der Waals surface area contributed by atoms with Crippen LogP contribution in [0.2, 0.25) is 0 Å². The van der Waals surface area contributed by atoms with Crippen molar-refractivity contribution in [2.24, 2.45) is 0 Å². The summed E-state index contributed by atoms with van der Waals surface area (Å²) < 4.78 is 11.2. The first-order valence-electron chi connectivity index (χ1n) is 10.5. The number of carbonyl (C=O) groups is 2. The third kappa shape index (κ3) is 5.83. The van der Waals surface area contributed by atoms with Gasteiger partial charge in [0.15, 0.2) is 0 Å². The van der Waals surface area contributed by atoms with Crippen LogP contribution >= 0.6 is 0 Å². The molecule has 1 fully saturated rings. The fraction of sp³-hybridized carbons (Fsp3) is 0.417. The Bertz CT molecular complexity index is 823. The van der Waals surface area contributed by atoms with Gasteiger partial charge in [0.1, 0.15) is 12.3 Å². The molecule has 1 unspecified atom stereocenters. The van der Waals surface area contributed by atoms with Gasteiger partial charge in [-0.1, -0.05) is 25.1 Å². The summed E-state index contributed by atoms with van der Waals surface area (Å²) in [6, 6.07) is 11.2. The number of carbonyl (C=O) groups excluding carboxylic acids is 2. The zero-order valence-electron chi connectivity index (χ0n) is 17.6. The average Bonchev–Trinajstić information content (AvgIpc) is 3.47. The van der Waals surface area contributed by atoms with Crippen LogP contribution in [0.15, 0.2) is 59.7 Å². The van der Waals surface area contributed by atoms with E-state index in [1.54, 1.807) is 23.3 Å². The highest BCUT2D eigenvalue weighted by Crippen LogP contribution is 2.16. The zero-order chi connectivity index (χ0) is 21.3. The van der Waals surface area contributed by atoms with Crippen LogP contribution in [-0.4, -0.2) is 54.0 Å². The highest BCUT2D eigenvalue weighted by atomic mass is 16.5. The third-order valence-electron chi connectivity index (χ3n) is 5.30. The maximum absolute atomic E-state index is 13.2. The van der Waals surface area contributed by atoms with Crippen LogP contribution in [0.4, 0.5) is 0 Å². The Morgan fingerprint density at radius 1 is 1.20 bits per heavy atom. The third-order valence-corrected chi connectivity index (χ3v) is 5.30. The molecule has 6 nitrogen and oxygen atoms in total. The molecule has 1 aliphatic rings. The SMILES string of the molecule is C=CCN(CC(=O)N(Cc1ccco1)CC1CCCO1)C(=O)c1ccc(CC)cc1. The molecule has 6 heteroatoms. The Balaban J connectivity index is 1.71. The Labute approximate surface area is 178 Å². The standard InChI is InChI=1S/C24H30N2O4/c1-3-13-25(24(28)20-11-9-19(4-2)10-12-20)18-23(27)26(16-21-7-5-14-29-21)17-22-8-6-15-30-22/h3,5,7,9-12,14,22H,1,4,6,8,13,15-18H2,2H3. The first kappa shape index (κ1) is 21.8. The minimum atomic E-state index is -0.180. The van der Waals surface area contributed by atoms with E-state index < -0.39 is 0 Å². The molecule has 0 spiro atoms. The number of hydrogen-bond donors (Lipinski definition) is 0. The van der Waals surface area contributed by atoms with Gasteiger partial charge in [0.05, 0.1) is 18.9 Å². The summed E-state index contributed by atoms with van der Waals surface area (Å²) in [5.74, 6) is 0.390. The number of furan rings is 1. The van der Waals surface area contributed by atoms with Crippen LogP contribution in [0.5, 0.6) is 0 Å². The van der Waals surface area contributed by atoms with Crippen LogP contribution in [0.3, 0.4) is 0 Å². The fourth-order valence-electron chi connectivity index (χ4n) is 3.58. The number of rotatable bonds is 10. The number of ether oxygens (including phenoxy) is 1. The van der Waals surface area contributed by atoms with Gasteiger partial charge in [-0.05, 0) is 49.1 Å². The van der Waals surface area contributed by atoms with E-state index in [4.69, 9.17) is 9.15 Å². The van der Waals surface area contributed by atoms with Crippen LogP contribution in [0.25, 0.3) is 0 Å². The molecular formula is C24H30N2O4. The summed E-state index contributed by atoms with van der Waals surface area (Å²) in [5.41, 5.74) is 1.73. The Hall–Kier alpha value is -2.86. The van der Waals surface area contributed by atoms with Gasteiger partial charge >= 0.3 is 0 Å². The molecule has 1 aromatic carbocycles. The van der Waals surface area contributed by atoms with Crippen molar-refractivity contribution in [3.05, 3.63) is 72.2 Å². The first-order chi connectivity index (χ1) is 14.6. The first-order valence-corrected chi connectivity index (χ1v) is 10.5.